The largest absolute Gasteiger partial charge is 0.359 e. The van der Waals surface area contributed by atoms with Crippen molar-refractivity contribution in [1.29, 1.82) is 0 Å². The zero-order chi connectivity index (χ0) is 9.97. The molecule has 0 aliphatic carbocycles. The van der Waals surface area contributed by atoms with Gasteiger partial charge in [0, 0.05) is 19.3 Å². The summed E-state index contributed by atoms with van der Waals surface area (Å²) in [7, 11) is 1.94. The molecule has 0 radical (unpaired) electrons. The predicted octanol–water partition coefficient (Wildman–Crippen LogP) is 2.30. The lowest BCUT2D eigenvalue weighted by Gasteiger charge is -2.24. The number of anilines is 1. The highest BCUT2D eigenvalue weighted by molar-refractivity contribution is 7.99. The lowest BCUT2D eigenvalue weighted by molar-refractivity contribution is 0.474. The van der Waals surface area contributed by atoms with Crippen molar-refractivity contribution in [3.05, 3.63) is 11.9 Å². The van der Waals surface area contributed by atoms with Crippen molar-refractivity contribution in [3.8, 4) is 0 Å². The molecule has 1 fully saturated rings. The van der Waals surface area contributed by atoms with Gasteiger partial charge in [0.1, 0.15) is 0 Å². The summed E-state index contributed by atoms with van der Waals surface area (Å²) < 4.78 is 2.30. The maximum Gasteiger partial charge on any atom is 0.203 e. The first-order chi connectivity index (χ1) is 6.81. The normalized spacial score (nSPS) is 18.4. The van der Waals surface area contributed by atoms with Crippen LogP contribution < -0.4 is 5.32 Å². The van der Waals surface area contributed by atoms with E-state index in [2.05, 4.69) is 39.8 Å². The second-order valence-electron chi connectivity index (χ2n) is 3.71. The van der Waals surface area contributed by atoms with E-state index in [-0.39, 0.29) is 0 Å². The number of nitrogens with one attached hydrogen (secondary N) is 1. The van der Waals surface area contributed by atoms with Crippen LogP contribution in [0.2, 0.25) is 0 Å². The first-order valence-corrected chi connectivity index (χ1v) is 6.27. The smallest absolute Gasteiger partial charge is 0.203 e. The standard InChI is InChI=1S/C10H17N3S/c1-8-7-13(10(11-2)12-8)9-3-5-14-6-4-9/h7,9H,3-6H2,1-2H3,(H,11,12). The van der Waals surface area contributed by atoms with E-state index in [0.29, 0.717) is 6.04 Å². The van der Waals surface area contributed by atoms with Crippen molar-refractivity contribution in [2.75, 3.05) is 23.9 Å². The predicted molar refractivity (Wildman–Crippen MR) is 62.1 cm³/mol. The van der Waals surface area contributed by atoms with Gasteiger partial charge in [-0.3, -0.25) is 0 Å². The Labute approximate surface area is 89.3 Å². The molecule has 0 spiro atoms. The van der Waals surface area contributed by atoms with E-state index in [1.807, 2.05) is 7.05 Å². The molecule has 0 atom stereocenters. The third-order valence-electron chi connectivity index (χ3n) is 2.66. The highest BCUT2D eigenvalue weighted by Gasteiger charge is 2.18. The molecule has 0 saturated carbocycles. The number of rotatable bonds is 2. The van der Waals surface area contributed by atoms with Crippen LogP contribution in [-0.4, -0.2) is 28.1 Å². The molecule has 1 aromatic rings. The Hall–Kier alpha value is -0.640. The molecule has 0 aromatic carbocycles. The minimum absolute atomic E-state index is 0.653. The molecule has 0 unspecified atom stereocenters. The van der Waals surface area contributed by atoms with Gasteiger partial charge in [0.05, 0.1) is 5.69 Å². The summed E-state index contributed by atoms with van der Waals surface area (Å²) in [5.41, 5.74) is 1.10. The Morgan fingerprint density at radius 2 is 2.21 bits per heavy atom. The Kier molecular flexibility index (Phi) is 3.01. The third-order valence-corrected chi connectivity index (χ3v) is 3.71. The average molecular weight is 211 g/mol. The van der Waals surface area contributed by atoms with Gasteiger partial charge in [-0.05, 0) is 31.3 Å². The number of thioether (sulfide) groups is 1. The first kappa shape index (κ1) is 9.90. The molecule has 1 aliphatic rings. The number of imidazole rings is 1. The van der Waals surface area contributed by atoms with Crippen LogP contribution in [0.15, 0.2) is 6.20 Å². The van der Waals surface area contributed by atoms with Crippen LogP contribution in [0.4, 0.5) is 5.95 Å². The zero-order valence-corrected chi connectivity index (χ0v) is 9.60. The van der Waals surface area contributed by atoms with Crippen LogP contribution in [0.5, 0.6) is 0 Å². The molecule has 2 rings (SSSR count). The third kappa shape index (κ3) is 1.90. The number of nitrogens with zero attached hydrogens (tertiary/aromatic N) is 2. The fourth-order valence-electron chi connectivity index (χ4n) is 1.94. The molecule has 1 aliphatic heterocycles. The maximum atomic E-state index is 4.45. The number of hydrogen-bond acceptors (Lipinski definition) is 3. The Morgan fingerprint density at radius 1 is 1.50 bits per heavy atom. The van der Waals surface area contributed by atoms with Crippen LogP contribution in [0.3, 0.4) is 0 Å². The summed E-state index contributed by atoms with van der Waals surface area (Å²) in [4.78, 5) is 4.45. The second kappa shape index (κ2) is 4.26. The molecular formula is C10H17N3S. The molecule has 1 saturated heterocycles. The number of aryl methyl sites for hydroxylation is 1. The summed E-state index contributed by atoms with van der Waals surface area (Å²) in [6.45, 7) is 2.05. The van der Waals surface area contributed by atoms with Crippen LogP contribution in [0, 0.1) is 6.92 Å². The molecule has 0 bridgehead atoms. The first-order valence-electron chi connectivity index (χ1n) is 5.12. The second-order valence-corrected chi connectivity index (χ2v) is 4.93. The quantitative estimate of drug-likeness (QED) is 0.814. The van der Waals surface area contributed by atoms with Crippen LogP contribution in [0.25, 0.3) is 0 Å². The number of aromatic nitrogens is 2. The summed E-state index contributed by atoms with van der Waals surface area (Å²) in [5, 5.41) is 3.16. The number of hydrogen-bond donors (Lipinski definition) is 1. The van der Waals surface area contributed by atoms with E-state index >= 15 is 0 Å². The van der Waals surface area contributed by atoms with Gasteiger partial charge in [-0.25, -0.2) is 4.98 Å². The summed E-state index contributed by atoms with van der Waals surface area (Å²) in [5.74, 6) is 3.58. The van der Waals surface area contributed by atoms with Crippen molar-refractivity contribution < 1.29 is 0 Å². The van der Waals surface area contributed by atoms with E-state index in [9.17, 15) is 0 Å². The van der Waals surface area contributed by atoms with Crippen molar-refractivity contribution in [2.24, 2.45) is 0 Å². The van der Waals surface area contributed by atoms with Crippen LogP contribution in [0.1, 0.15) is 24.6 Å². The summed E-state index contributed by atoms with van der Waals surface area (Å²) >= 11 is 2.06. The van der Waals surface area contributed by atoms with Crippen molar-refractivity contribution in [3.63, 3.8) is 0 Å². The van der Waals surface area contributed by atoms with Gasteiger partial charge in [0.25, 0.3) is 0 Å². The fourth-order valence-corrected chi connectivity index (χ4v) is 3.02. The molecule has 1 N–H and O–H groups in total. The Balaban J connectivity index is 2.20. The van der Waals surface area contributed by atoms with E-state index in [1.54, 1.807) is 0 Å². The summed E-state index contributed by atoms with van der Waals surface area (Å²) in [6, 6.07) is 0.653. The van der Waals surface area contributed by atoms with Crippen LogP contribution in [-0.2, 0) is 0 Å². The molecular weight excluding hydrogens is 194 g/mol. The van der Waals surface area contributed by atoms with E-state index in [0.717, 1.165) is 11.6 Å². The Morgan fingerprint density at radius 3 is 2.86 bits per heavy atom. The van der Waals surface area contributed by atoms with Gasteiger partial charge in [-0.15, -0.1) is 0 Å². The highest BCUT2D eigenvalue weighted by atomic mass is 32.2. The minimum Gasteiger partial charge on any atom is -0.359 e. The van der Waals surface area contributed by atoms with Gasteiger partial charge in [0.2, 0.25) is 5.95 Å². The van der Waals surface area contributed by atoms with E-state index < -0.39 is 0 Å². The van der Waals surface area contributed by atoms with Gasteiger partial charge in [0.15, 0.2) is 0 Å². The SMILES string of the molecule is CNc1nc(C)cn1C1CCSCC1. The molecule has 1 aromatic heterocycles. The average Bonchev–Trinajstić information content (AvgIpc) is 2.61. The lowest BCUT2D eigenvalue weighted by Crippen LogP contribution is -2.16. The molecule has 4 heteroatoms. The monoisotopic (exact) mass is 211 g/mol. The molecule has 78 valence electrons. The Bertz CT molecular complexity index is 302. The minimum atomic E-state index is 0.653. The van der Waals surface area contributed by atoms with E-state index in [4.69, 9.17) is 0 Å². The van der Waals surface area contributed by atoms with Crippen molar-refractivity contribution in [2.45, 2.75) is 25.8 Å². The highest BCUT2D eigenvalue weighted by Crippen LogP contribution is 2.29. The van der Waals surface area contributed by atoms with Crippen LogP contribution >= 0.6 is 11.8 Å². The lowest BCUT2D eigenvalue weighted by atomic mass is 10.1. The van der Waals surface area contributed by atoms with Gasteiger partial charge in [-0.1, -0.05) is 0 Å². The molecule has 14 heavy (non-hydrogen) atoms. The fraction of sp³-hybridized carbons (Fsp3) is 0.700. The maximum absolute atomic E-state index is 4.45. The topological polar surface area (TPSA) is 29.9 Å². The van der Waals surface area contributed by atoms with Gasteiger partial charge >= 0.3 is 0 Å². The molecule has 3 nitrogen and oxygen atoms in total. The summed E-state index contributed by atoms with van der Waals surface area (Å²) in [6.07, 6.45) is 4.71. The molecule has 0 amide bonds. The van der Waals surface area contributed by atoms with E-state index in [1.165, 1.54) is 24.3 Å². The van der Waals surface area contributed by atoms with Crippen molar-refractivity contribution in [1.82, 2.24) is 9.55 Å². The van der Waals surface area contributed by atoms with Gasteiger partial charge < -0.3 is 9.88 Å². The van der Waals surface area contributed by atoms with Crippen molar-refractivity contribution >= 4 is 17.7 Å². The molecule has 2 heterocycles. The van der Waals surface area contributed by atoms with Gasteiger partial charge in [-0.2, -0.15) is 11.8 Å². The zero-order valence-electron chi connectivity index (χ0n) is 8.79.